The third-order valence-corrected chi connectivity index (χ3v) is 3.73. The van der Waals surface area contributed by atoms with Gasteiger partial charge in [0, 0.05) is 38.4 Å². The highest BCUT2D eigenvalue weighted by molar-refractivity contribution is 5.65. The molecule has 0 atom stereocenters. The maximum Gasteiger partial charge on any atom is 0.146 e. The molecule has 1 aromatic rings. The first-order chi connectivity index (χ1) is 8.24. The van der Waals surface area contributed by atoms with E-state index in [2.05, 4.69) is 22.2 Å². The van der Waals surface area contributed by atoms with E-state index < -0.39 is 0 Å². The fourth-order valence-electron chi connectivity index (χ4n) is 2.60. The summed E-state index contributed by atoms with van der Waals surface area (Å²) >= 11 is 0. The van der Waals surface area contributed by atoms with E-state index in [1.54, 1.807) is 6.07 Å². The van der Waals surface area contributed by atoms with Crippen molar-refractivity contribution in [3.05, 3.63) is 23.5 Å². The predicted octanol–water partition coefficient (Wildman–Crippen LogP) is 1.55. The molecule has 1 fully saturated rings. The summed E-state index contributed by atoms with van der Waals surface area (Å²) in [4.78, 5) is 4.43. The molecule has 2 aliphatic heterocycles. The van der Waals surface area contributed by atoms with Crippen molar-refractivity contribution in [1.29, 1.82) is 0 Å². The third kappa shape index (κ3) is 1.97. The maximum atomic E-state index is 14.0. The van der Waals surface area contributed by atoms with Crippen molar-refractivity contribution >= 4 is 11.4 Å². The van der Waals surface area contributed by atoms with Crippen LogP contribution in [0.1, 0.15) is 5.56 Å². The first-order valence-electron chi connectivity index (χ1n) is 6.24. The summed E-state index contributed by atoms with van der Waals surface area (Å²) in [6, 6.07) is 3.67. The van der Waals surface area contributed by atoms with Gasteiger partial charge in [-0.2, -0.15) is 0 Å². The van der Waals surface area contributed by atoms with Crippen LogP contribution >= 0.6 is 0 Å². The summed E-state index contributed by atoms with van der Waals surface area (Å²) in [5.74, 6) is -0.0722. The molecule has 0 bridgehead atoms. The number of nitrogens with zero attached hydrogens (tertiary/aromatic N) is 2. The molecular weight excluding hydrogens is 217 g/mol. The molecule has 17 heavy (non-hydrogen) atoms. The van der Waals surface area contributed by atoms with Gasteiger partial charge in [-0.1, -0.05) is 0 Å². The molecule has 2 heterocycles. The molecule has 0 spiro atoms. The highest BCUT2D eigenvalue weighted by atomic mass is 19.1. The Bertz CT molecular complexity index is 425. The molecule has 2 aliphatic rings. The summed E-state index contributed by atoms with van der Waals surface area (Å²) in [7, 11) is 2.11. The Kier molecular flexibility index (Phi) is 2.67. The second-order valence-electron chi connectivity index (χ2n) is 4.93. The van der Waals surface area contributed by atoms with E-state index in [1.165, 1.54) is 0 Å². The van der Waals surface area contributed by atoms with E-state index in [-0.39, 0.29) is 5.82 Å². The van der Waals surface area contributed by atoms with Crippen molar-refractivity contribution in [2.75, 3.05) is 50.0 Å². The molecule has 0 aromatic heterocycles. The quantitative estimate of drug-likeness (QED) is 0.796. The van der Waals surface area contributed by atoms with Crippen LogP contribution in [0.2, 0.25) is 0 Å². The predicted molar refractivity (Wildman–Crippen MR) is 68.3 cm³/mol. The van der Waals surface area contributed by atoms with Crippen LogP contribution in [0.15, 0.2) is 12.1 Å². The fraction of sp³-hybridized carbons (Fsp3) is 0.538. The van der Waals surface area contributed by atoms with Crippen LogP contribution in [0.4, 0.5) is 15.8 Å². The topological polar surface area (TPSA) is 18.5 Å². The molecule has 0 saturated carbocycles. The van der Waals surface area contributed by atoms with Crippen molar-refractivity contribution in [1.82, 2.24) is 4.90 Å². The highest BCUT2D eigenvalue weighted by Gasteiger charge is 2.20. The van der Waals surface area contributed by atoms with Crippen LogP contribution in [0.5, 0.6) is 0 Å². The Morgan fingerprint density at radius 1 is 1.18 bits per heavy atom. The van der Waals surface area contributed by atoms with Gasteiger partial charge in [0.15, 0.2) is 0 Å². The lowest BCUT2D eigenvalue weighted by atomic mass is 10.1. The zero-order valence-electron chi connectivity index (χ0n) is 10.2. The van der Waals surface area contributed by atoms with Crippen molar-refractivity contribution in [2.45, 2.75) is 6.42 Å². The van der Waals surface area contributed by atoms with Gasteiger partial charge in [-0.15, -0.1) is 0 Å². The summed E-state index contributed by atoms with van der Waals surface area (Å²) in [6.07, 6.45) is 0.940. The number of likely N-dealkylation sites (N-methyl/N-ethyl adjacent to an activating group) is 1. The summed E-state index contributed by atoms with van der Waals surface area (Å²) in [5, 5.41) is 3.31. The number of hydrogen-bond donors (Lipinski definition) is 1. The molecule has 3 rings (SSSR count). The fourth-order valence-corrected chi connectivity index (χ4v) is 2.60. The third-order valence-electron chi connectivity index (χ3n) is 3.73. The van der Waals surface area contributed by atoms with Crippen molar-refractivity contribution < 1.29 is 4.39 Å². The smallest absolute Gasteiger partial charge is 0.146 e. The number of fused-ring (bicyclic) bond motifs is 1. The molecule has 1 N–H and O–H groups in total. The summed E-state index contributed by atoms with van der Waals surface area (Å²) < 4.78 is 14.0. The van der Waals surface area contributed by atoms with E-state index in [0.717, 1.165) is 56.1 Å². The van der Waals surface area contributed by atoms with Crippen LogP contribution < -0.4 is 10.2 Å². The number of anilines is 2. The zero-order valence-corrected chi connectivity index (χ0v) is 10.2. The standard InChI is InChI=1S/C13H18FN3/c1-16-4-6-17(7-5-16)13-9-12-10(2-3-15-12)8-11(13)14/h8-9,15H,2-7H2,1H3. The monoisotopic (exact) mass is 235 g/mol. The Labute approximate surface area is 101 Å². The van der Waals surface area contributed by atoms with E-state index in [4.69, 9.17) is 0 Å². The average Bonchev–Trinajstić information content (AvgIpc) is 2.76. The Morgan fingerprint density at radius 2 is 1.94 bits per heavy atom. The van der Waals surface area contributed by atoms with Crippen molar-refractivity contribution in [3.63, 3.8) is 0 Å². The van der Waals surface area contributed by atoms with E-state index in [1.807, 2.05) is 6.07 Å². The number of rotatable bonds is 1. The summed E-state index contributed by atoms with van der Waals surface area (Å²) in [5.41, 5.74) is 2.98. The molecule has 1 saturated heterocycles. The minimum atomic E-state index is -0.0722. The molecule has 1 aromatic carbocycles. The van der Waals surface area contributed by atoms with Crippen LogP contribution in [-0.2, 0) is 6.42 Å². The van der Waals surface area contributed by atoms with E-state index >= 15 is 0 Å². The largest absolute Gasteiger partial charge is 0.384 e. The van der Waals surface area contributed by atoms with Gasteiger partial charge in [0.05, 0.1) is 5.69 Å². The Morgan fingerprint density at radius 3 is 2.71 bits per heavy atom. The number of hydrogen-bond acceptors (Lipinski definition) is 3. The second-order valence-corrected chi connectivity index (χ2v) is 4.93. The van der Waals surface area contributed by atoms with E-state index in [0.29, 0.717) is 0 Å². The molecule has 92 valence electrons. The Balaban J connectivity index is 1.87. The molecule has 0 amide bonds. The number of nitrogens with one attached hydrogen (secondary N) is 1. The first kappa shape index (κ1) is 10.8. The molecular formula is C13H18FN3. The molecule has 0 aliphatic carbocycles. The van der Waals surface area contributed by atoms with Gasteiger partial charge in [-0.25, -0.2) is 4.39 Å². The molecule has 3 nitrogen and oxygen atoms in total. The molecule has 0 unspecified atom stereocenters. The number of piperazine rings is 1. The molecule has 4 heteroatoms. The minimum Gasteiger partial charge on any atom is -0.384 e. The molecule has 0 radical (unpaired) electrons. The average molecular weight is 235 g/mol. The van der Waals surface area contributed by atoms with Gasteiger partial charge in [0.1, 0.15) is 5.82 Å². The van der Waals surface area contributed by atoms with Crippen LogP contribution in [-0.4, -0.2) is 44.7 Å². The minimum absolute atomic E-state index is 0.0722. The number of benzene rings is 1. The first-order valence-corrected chi connectivity index (χ1v) is 6.24. The highest BCUT2D eigenvalue weighted by Crippen LogP contribution is 2.31. The lowest BCUT2D eigenvalue weighted by molar-refractivity contribution is 0.311. The SMILES string of the molecule is CN1CCN(c2cc3c(cc2F)CCN3)CC1. The maximum absolute atomic E-state index is 14.0. The van der Waals surface area contributed by atoms with Crippen molar-refractivity contribution in [3.8, 4) is 0 Å². The second kappa shape index (κ2) is 4.18. The van der Waals surface area contributed by atoms with Gasteiger partial charge in [-0.3, -0.25) is 0 Å². The Hall–Kier alpha value is -1.29. The van der Waals surface area contributed by atoms with Gasteiger partial charge in [0.2, 0.25) is 0 Å². The van der Waals surface area contributed by atoms with Gasteiger partial charge in [-0.05, 0) is 31.2 Å². The van der Waals surface area contributed by atoms with Crippen molar-refractivity contribution in [2.24, 2.45) is 0 Å². The summed E-state index contributed by atoms with van der Waals surface area (Å²) in [6.45, 7) is 4.76. The van der Waals surface area contributed by atoms with Crippen LogP contribution in [0.3, 0.4) is 0 Å². The number of halogens is 1. The van der Waals surface area contributed by atoms with Crippen LogP contribution in [0, 0.1) is 5.82 Å². The van der Waals surface area contributed by atoms with Gasteiger partial charge < -0.3 is 15.1 Å². The zero-order chi connectivity index (χ0) is 11.8. The lowest BCUT2D eigenvalue weighted by Gasteiger charge is -2.34. The van der Waals surface area contributed by atoms with E-state index in [9.17, 15) is 4.39 Å². The van der Waals surface area contributed by atoms with Gasteiger partial charge >= 0.3 is 0 Å². The van der Waals surface area contributed by atoms with Gasteiger partial charge in [0.25, 0.3) is 0 Å². The van der Waals surface area contributed by atoms with Crippen LogP contribution in [0.25, 0.3) is 0 Å². The normalized spacial score (nSPS) is 20.2. The lowest BCUT2D eigenvalue weighted by Crippen LogP contribution is -2.44.